The van der Waals surface area contributed by atoms with Crippen LogP contribution in [0.5, 0.6) is 0 Å². The molecule has 0 radical (unpaired) electrons. The molecule has 0 spiro atoms. The van der Waals surface area contributed by atoms with Gasteiger partial charge in [0.1, 0.15) is 18.2 Å². The summed E-state index contributed by atoms with van der Waals surface area (Å²) in [6.07, 6.45) is 3.23. The number of fused-ring (bicyclic) bond motifs is 1. The Hall–Kier alpha value is -2.54. The Labute approximate surface area is 139 Å². The lowest BCUT2D eigenvalue weighted by molar-refractivity contribution is -0.133. The number of carbonyl (C=O) groups is 1. The molecule has 24 heavy (non-hydrogen) atoms. The maximum Gasteiger partial charge on any atom is 0.244 e. The van der Waals surface area contributed by atoms with E-state index in [-0.39, 0.29) is 17.8 Å². The van der Waals surface area contributed by atoms with Gasteiger partial charge in [-0.25, -0.2) is 14.4 Å². The summed E-state index contributed by atoms with van der Waals surface area (Å²) in [7, 11) is 0. The normalized spacial score (nSPS) is 20.1. The summed E-state index contributed by atoms with van der Waals surface area (Å²) >= 11 is 0. The van der Waals surface area contributed by atoms with E-state index in [1.807, 2.05) is 4.90 Å². The monoisotopic (exact) mass is 327 g/mol. The summed E-state index contributed by atoms with van der Waals surface area (Å²) in [5.74, 6) is -0.164. The van der Waals surface area contributed by atoms with Crippen molar-refractivity contribution >= 4 is 11.6 Å². The molecule has 1 atom stereocenters. The van der Waals surface area contributed by atoms with Crippen LogP contribution in [0.2, 0.25) is 0 Å². The predicted octanol–water partition coefficient (Wildman–Crippen LogP) is 1.11. The van der Waals surface area contributed by atoms with Gasteiger partial charge in [0.25, 0.3) is 0 Å². The summed E-state index contributed by atoms with van der Waals surface area (Å²) in [4.78, 5) is 25.1. The molecule has 0 aliphatic carbocycles. The molecule has 1 amide bonds. The average molecular weight is 327 g/mol. The number of piperazine rings is 1. The number of nitrogens with zero attached hydrogens (tertiary/aromatic N) is 4. The van der Waals surface area contributed by atoms with Crippen LogP contribution in [0.1, 0.15) is 17.3 Å². The maximum absolute atomic E-state index is 13.0. The van der Waals surface area contributed by atoms with E-state index in [0.29, 0.717) is 19.6 Å². The van der Waals surface area contributed by atoms with Crippen molar-refractivity contribution in [1.82, 2.24) is 20.2 Å². The van der Waals surface area contributed by atoms with Gasteiger partial charge in [0.15, 0.2) is 0 Å². The summed E-state index contributed by atoms with van der Waals surface area (Å²) in [6.45, 7) is 3.38. The first-order valence-corrected chi connectivity index (χ1v) is 8.04. The largest absolute Gasteiger partial charge is 0.368 e. The minimum absolute atomic E-state index is 0.0716. The minimum Gasteiger partial charge on any atom is -0.368 e. The number of carbonyl (C=O) groups excluding carboxylic acids is 1. The van der Waals surface area contributed by atoms with Crippen LogP contribution in [0.3, 0.4) is 0 Å². The molecule has 0 saturated carbocycles. The van der Waals surface area contributed by atoms with E-state index in [2.05, 4.69) is 20.2 Å². The summed E-state index contributed by atoms with van der Waals surface area (Å²) in [5, 5.41) is 3.22. The third kappa shape index (κ3) is 2.71. The Morgan fingerprint density at radius 3 is 2.67 bits per heavy atom. The number of hydrogen-bond donors (Lipinski definition) is 1. The number of amides is 1. The highest BCUT2D eigenvalue weighted by atomic mass is 19.1. The highest BCUT2D eigenvalue weighted by molar-refractivity contribution is 5.84. The van der Waals surface area contributed by atoms with Gasteiger partial charge in [-0.15, -0.1) is 0 Å². The Morgan fingerprint density at radius 2 is 1.92 bits per heavy atom. The second kappa shape index (κ2) is 6.16. The third-order valence-electron chi connectivity index (χ3n) is 4.64. The van der Waals surface area contributed by atoms with Crippen LogP contribution in [-0.4, -0.2) is 47.0 Å². The van der Waals surface area contributed by atoms with E-state index in [4.69, 9.17) is 0 Å². The number of nitrogens with one attached hydrogen (secondary N) is 1. The molecule has 7 heteroatoms. The van der Waals surface area contributed by atoms with Gasteiger partial charge in [0.2, 0.25) is 5.91 Å². The van der Waals surface area contributed by atoms with E-state index < -0.39 is 0 Å². The Kier molecular flexibility index (Phi) is 3.86. The molecule has 4 rings (SSSR count). The molecule has 1 N–H and O–H groups in total. The summed E-state index contributed by atoms with van der Waals surface area (Å²) < 4.78 is 13.0. The van der Waals surface area contributed by atoms with Gasteiger partial charge in [-0.3, -0.25) is 10.1 Å². The summed E-state index contributed by atoms with van der Waals surface area (Å²) in [6, 6.07) is 6.13. The fraction of sp³-hybridized carbons (Fsp3) is 0.353. The average Bonchev–Trinajstić information content (AvgIpc) is 3.06. The van der Waals surface area contributed by atoms with Crippen LogP contribution in [0.15, 0.2) is 36.8 Å². The van der Waals surface area contributed by atoms with Gasteiger partial charge in [0, 0.05) is 50.2 Å². The molecule has 1 saturated heterocycles. The van der Waals surface area contributed by atoms with Gasteiger partial charge in [-0.1, -0.05) is 0 Å². The van der Waals surface area contributed by atoms with E-state index in [0.717, 1.165) is 30.0 Å². The van der Waals surface area contributed by atoms with E-state index in [1.165, 1.54) is 18.5 Å². The minimum atomic E-state index is -0.349. The molecule has 1 aromatic heterocycles. The fourth-order valence-electron chi connectivity index (χ4n) is 3.30. The molecule has 2 aliphatic heterocycles. The van der Waals surface area contributed by atoms with Crippen molar-refractivity contribution < 1.29 is 9.18 Å². The number of aromatic nitrogens is 2. The lowest BCUT2D eigenvalue weighted by Crippen LogP contribution is -2.51. The molecule has 6 nitrogen and oxygen atoms in total. The molecule has 1 unspecified atom stereocenters. The summed E-state index contributed by atoms with van der Waals surface area (Å²) in [5.41, 5.74) is 2.76. The molecule has 3 heterocycles. The van der Waals surface area contributed by atoms with Crippen molar-refractivity contribution in [2.24, 2.45) is 0 Å². The van der Waals surface area contributed by atoms with Gasteiger partial charge >= 0.3 is 0 Å². The second-order valence-corrected chi connectivity index (χ2v) is 6.03. The van der Waals surface area contributed by atoms with Gasteiger partial charge < -0.3 is 9.80 Å². The maximum atomic E-state index is 13.0. The Bertz CT molecular complexity index is 743. The smallest absolute Gasteiger partial charge is 0.244 e. The zero-order valence-corrected chi connectivity index (χ0v) is 13.2. The number of halogens is 1. The lowest BCUT2D eigenvalue weighted by Gasteiger charge is -2.37. The van der Waals surface area contributed by atoms with Gasteiger partial charge in [0.05, 0.1) is 5.69 Å². The van der Waals surface area contributed by atoms with Crippen molar-refractivity contribution in [1.29, 1.82) is 0 Å². The van der Waals surface area contributed by atoms with Crippen LogP contribution in [0.25, 0.3) is 0 Å². The lowest BCUT2D eigenvalue weighted by atomic mass is 10.1. The first-order chi connectivity index (χ1) is 11.7. The molecular formula is C17H18FN5O. The molecule has 2 aliphatic rings. The fourth-order valence-corrected chi connectivity index (χ4v) is 3.30. The van der Waals surface area contributed by atoms with Crippen molar-refractivity contribution in [3.8, 4) is 0 Å². The molecule has 0 bridgehead atoms. The molecular weight excluding hydrogens is 309 g/mol. The number of hydrogen-bond acceptors (Lipinski definition) is 5. The van der Waals surface area contributed by atoms with Crippen LogP contribution < -0.4 is 10.2 Å². The van der Waals surface area contributed by atoms with E-state index in [9.17, 15) is 9.18 Å². The standard InChI is InChI=1S/C17H18FN5O/c18-12-1-3-13(4-2-12)22-5-7-23(8-6-22)17(24)16-14-9-19-11-21-15(14)10-20-16/h1-4,9,11,16,20H,5-8,10H2. The van der Waals surface area contributed by atoms with Gasteiger partial charge in [-0.05, 0) is 24.3 Å². The first-order valence-electron chi connectivity index (χ1n) is 8.04. The van der Waals surface area contributed by atoms with E-state index >= 15 is 0 Å². The Balaban J connectivity index is 1.41. The van der Waals surface area contributed by atoms with Crippen LogP contribution >= 0.6 is 0 Å². The first kappa shape index (κ1) is 15.0. The van der Waals surface area contributed by atoms with Crippen molar-refractivity contribution in [3.63, 3.8) is 0 Å². The van der Waals surface area contributed by atoms with Crippen LogP contribution in [-0.2, 0) is 11.3 Å². The highest BCUT2D eigenvalue weighted by Gasteiger charge is 2.33. The third-order valence-corrected chi connectivity index (χ3v) is 4.64. The van der Waals surface area contributed by atoms with Crippen molar-refractivity contribution in [2.75, 3.05) is 31.1 Å². The Morgan fingerprint density at radius 1 is 1.17 bits per heavy atom. The zero-order valence-electron chi connectivity index (χ0n) is 13.2. The number of benzene rings is 1. The quantitative estimate of drug-likeness (QED) is 0.895. The number of rotatable bonds is 2. The molecule has 2 aromatic rings. The van der Waals surface area contributed by atoms with Crippen molar-refractivity contribution in [3.05, 3.63) is 53.9 Å². The molecule has 1 aromatic carbocycles. The highest BCUT2D eigenvalue weighted by Crippen LogP contribution is 2.25. The van der Waals surface area contributed by atoms with Crippen LogP contribution in [0, 0.1) is 5.82 Å². The zero-order chi connectivity index (χ0) is 16.5. The van der Waals surface area contributed by atoms with Crippen LogP contribution in [0.4, 0.5) is 10.1 Å². The van der Waals surface area contributed by atoms with Gasteiger partial charge in [-0.2, -0.15) is 0 Å². The van der Waals surface area contributed by atoms with Crippen molar-refractivity contribution in [2.45, 2.75) is 12.6 Å². The van der Waals surface area contributed by atoms with E-state index in [1.54, 1.807) is 18.3 Å². The molecule has 124 valence electrons. The molecule has 1 fully saturated rings. The second-order valence-electron chi connectivity index (χ2n) is 6.03. The number of anilines is 1. The SMILES string of the molecule is O=C(C1NCc2ncncc21)N1CCN(c2ccc(F)cc2)CC1. The topological polar surface area (TPSA) is 61.4 Å². The predicted molar refractivity (Wildman–Crippen MR) is 86.8 cm³/mol.